The van der Waals surface area contributed by atoms with E-state index in [4.69, 9.17) is 14.2 Å². The van der Waals surface area contributed by atoms with Gasteiger partial charge < -0.3 is 19.5 Å². The first-order chi connectivity index (χ1) is 15.2. The first kappa shape index (κ1) is 18.7. The van der Waals surface area contributed by atoms with Crippen LogP contribution in [0.25, 0.3) is 10.9 Å². The number of hydrogen-bond donors (Lipinski definition) is 3. The lowest BCUT2D eigenvalue weighted by Crippen LogP contribution is -2.19. The quantitative estimate of drug-likeness (QED) is 0.437. The van der Waals surface area contributed by atoms with Crippen LogP contribution in [-0.4, -0.2) is 23.0 Å². The fourth-order valence-electron chi connectivity index (χ4n) is 3.20. The number of urea groups is 1. The number of carbonyl (C=O) groups excluding carboxylic acids is 1. The lowest BCUT2D eigenvalue weighted by Gasteiger charge is -2.08. The number of fused-ring (bicyclic) bond motifs is 2. The average molecular weight is 420 g/mol. The summed E-state index contributed by atoms with van der Waals surface area (Å²) in [6.07, 6.45) is 0. The fourth-order valence-corrected chi connectivity index (χ4v) is 3.20. The van der Waals surface area contributed by atoms with Gasteiger partial charge in [-0.1, -0.05) is 18.2 Å². The van der Waals surface area contributed by atoms with Gasteiger partial charge in [0.2, 0.25) is 6.79 Å². The lowest BCUT2D eigenvalue weighted by molar-refractivity contribution is 0.174. The molecule has 31 heavy (non-hydrogen) atoms. The van der Waals surface area contributed by atoms with Crippen molar-refractivity contribution in [1.29, 1.82) is 0 Å². The van der Waals surface area contributed by atoms with Gasteiger partial charge in [0.05, 0.1) is 5.52 Å². The Morgan fingerprint density at radius 2 is 1.94 bits per heavy atom. The van der Waals surface area contributed by atoms with E-state index in [0.29, 0.717) is 39.7 Å². The average Bonchev–Trinajstić information content (AvgIpc) is 3.39. The highest BCUT2D eigenvalue weighted by Crippen LogP contribution is 2.34. The van der Waals surface area contributed by atoms with Gasteiger partial charge in [-0.25, -0.2) is 9.18 Å². The smallest absolute Gasteiger partial charge is 0.324 e. The van der Waals surface area contributed by atoms with Gasteiger partial charge in [-0.15, -0.1) is 0 Å². The number of ether oxygens (including phenoxy) is 3. The molecule has 0 unspecified atom stereocenters. The normalized spacial score (nSPS) is 12.0. The molecule has 0 bridgehead atoms. The number of hydrogen-bond acceptors (Lipinski definition) is 5. The molecule has 5 rings (SSSR count). The summed E-state index contributed by atoms with van der Waals surface area (Å²) in [6, 6.07) is 16.3. The molecule has 0 fully saturated rings. The number of halogens is 1. The zero-order valence-electron chi connectivity index (χ0n) is 16.1. The maximum atomic E-state index is 13.8. The summed E-state index contributed by atoms with van der Waals surface area (Å²) in [5.74, 6) is 1.74. The molecule has 0 radical (unpaired) electrons. The Hall–Kier alpha value is -4.27. The third-order valence-corrected chi connectivity index (χ3v) is 4.75. The van der Waals surface area contributed by atoms with Crippen molar-refractivity contribution in [2.45, 2.75) is 6.61 Å². The van der Waals surface area contributed by atoms with Crippen molar-refractivity contribution < 1.29 is 23.4 Å². The van der Waals surface area contributed by atoms with E-state index in [2.05, 4.69) is 20.8 Å². The maximum absolute atomic E-state index is 13.8. The fraction of sp³-hybridized carbons (Fsp3) is 0.0909. The summed E-state index contributed by atoms with van der Waals surface area (Å²) in [5.41, 5.74) is 1.73. The number of anilines is 2. The second-order valence-corrected chi connectivity index (χ2v) is 6.81. The van der Waals surface area contributed by atoms with Crippen LogP contribution < -0.4 is 24.8 Å². The highest BCUT2D eigenvalue weighted by molar-refractivity contribution is 6.04. The largest absolute Gasteiger partial charge is 0.489 e. The number of carbonyl (C=O) groups is 1. The van der Waals surface area contributed by atoms with E-state index >= 15 is 0 Å². The molecule has 8 nitrogen and oxygen atoms in total. The van der Waals surface area contributed by atoms with Crippen molar-refractivity contribution in [2.24, 2.45) is 0 Å². The second-order valence-electron chi connectivity index (χ2n) is 6.81. The van der Waals surface area contributed by atoms with Gasteiger partial charge in [-0.05, 0) is 36.4 Å². The van der Waals surface area contributed by atoms with Crippen molar-refractivity contribution >= 4 is 28.4 Å². The molecule has 2 heterocycles. The van der Waals surface area contributed by atoms with Crippen molar-refractivity contribution in [3.05, 3.63) is 72.0 Å². The Labute approximate surface area is 175 Å². The lowest BCUT2D eigenvalue weighted by atomic mass is 10.2. The molecule has 0 saturated heterocycles. The van der Waals surface area contributed by atoms with Crippen molar-refractivity contribution in [3.63, 3.8) is 0 Å². The van der Waals surface area contributed by atoms with E-state index in [1.165, 1.54) is 6.07 Å². The Morgan fingerprint density at radius 1 is 1.06 bits per heavy atom. The summed E-state index contributed by atoms with van der Waals surface area (Å²) < 4.78 is 30.1. The van der Waals surface area contributed by atoms with Gasteiger partial charge in [0.15, 0.2) is 17.3 Å². The first-order valence-electron chi connectivity index (χ1n) is 9.48. The summed E-state index contributed by atoms with van der Waals surface area (Å²) in [6.45, 7) is 0.245. The van der Waals surface area contributed by atoms with Gasteiger partial charge in [0, 0.05) is 22.7 Å². The molecule has 1 aliphatic heterocycles. The zero-order chi connectivity index (χ0) is 21.2. The highest BCUT2D eigenvalue weighted by Gasteiger charge is 2.15. The number of nitrogens with one attached hydrogen (secondary N) is 3. The number of nitrogens with zero attached hydrogens (tertiary/aromatic N) is 1. The molecule has 0 atom stereocenters. The third-order valence-electron chi connectivity index (χ3n) is 4.75. The molecule has 1 aliphatic rings. The summed E-state index contributed by atoms with van der Waals surface area (Å²) in [4.78, 5) is 12.4. The van der Waals surface area contributed by atoms with E-state index in [1.54, 1.807) is 54.6 Å². The van der Waals surface area contributed by atoms with Gasteiger partial charge in [-0.2, -0.15) is 5.10 Å². The highest BCUT2D eigenvalue weighted by atomic mass is 19.1. The van der Waals surface area contributed by atoms with E-state index in [1.807, 2.05) is 0 Å². The molecule has 2 amide bonds. The van der Waals surface area contributed by atoms with Crippen LogP contribution in [0.1, 0.15) is 5.56 Å². The molecular weight excluding hydrogens is 403 g/mol. The van der Waals surface area contributed by atoms with Crippen molar-refractivity contribution in [1.82, 2.24) is 10.2 Å². The van der Waals surface area contributed by atoms with Gasteiger partial charge in [-0.3, -0.25) is 10.4 Å². The molecular formula is C22H17FN4O4. The topological polar surface area (TPSA) is 97.5 Å². The second kappa shape index (κ2) is 7.86. The predicted molar refractivity (Wildman–Crippen MR) is 112 cm³/mol. The maximum Gasteiger partial charge on any atom is 0.324 e. The number of aromatic amines is 1. The minimum absolute atomic E-state index is 0.0867. The molecule has 9 heteroatoms. The van der Waals surface area contributed by atoms with Gasteiger partial charge in [0.1, 0.15) is 18.2 Å². The number of benzene rings is 3. The summed E-state index contributed by atoms with van der Waals surface area (Å²) >= 11 is 0. The molecule has 3 aromatic carbocycles. The number of amides is 2. The Morgan fingerprint density at radius 3 is 2.84 bits per heavy atom. The van der Waals surface area contributed by atoms with Crippen LogP contribution in [0.3, 0.4) is 0 Å². The van der Waals surface area contributed by atoms with E-state index in [9.17, 15) is 9.18 Å². The van der Waals surface area contributed by atoms with Gasteiger partial charge >= 0.3 is 6.03 Å². The van der Waals surface area contributed by atoms with Crippen molar-refractivity contribution in [3.8, 4) is 17.2 Å². The summed E-state index contributed by atoms with van der Waals surface area (Å²) in [5, 5.41) is 13.1. The van der Waals surface area contributed by atoms with Crippen LogP contribution in [0.5, 0.6) is 17.2 Å². The molecule has 0 aliphatic carbocycles. The van der Waals surface area contributed by atoms with E-state index in [0.717, 1.165) is 5.52 Å². The molecule has 3 N–H and O–H groups in total. The SMILES string of the molecule is O=C(Nc1ccc2c(c1)OCO2)Nc1n[nH]c2ccc(OCc3ccccc3F)cc12. The molecule has 0 spiro atoms. The number of aromatic nitrogens is 2. The Kier molecular flexibility index (Phi) is 4.75. The minimum atomic E-state index is -0.468. The van der Waals surface area contributed by atoms with Gasteiger partial charge in [0.25, 0.3) is 0 Å². The molecule has 1 aromatic heterocycles. The first-order valence-corrected chi connectivity index (χ1v) is 9.48. The van der Waals surface area contributed by atoms with Crippen LogP contribution in [0, 0.1) is 5.82 Å². The summed E-state index contributed by atoms with van der Waals surface area (Å²) in [7, 11) is 0. The van der Waals surface area contributed by atoms with Crippen LogP contribution in [0.2, 0.25) is 0 Å². The Bertz CT molecular complexity index is 1270. The molecule has 156 valence electrons. The van der Waals surface area contributed by atoms with E-state index < -0.39 is 6.03 Å². The predicted octanol–water partition coefficient (Wildman–Crippen LogP) is 4.65. The zero-order valence-corrected chi connectivity index (χ0v) is 16.1. The number of H-pyrrole nitrogens is 1. The van der Waals surface area contributed by atoms with Crippen LogP contribution in [-0.2, 0) is 6.61 Å². The van der Waals surface area contributed by atoms with E-state index in [-0.39, 0.29) is 19.2 Å². The number of rotatable bonds is 5. The van der Waals surface area contributed by atoms with Crippen LogP contribution in [0.15, 0.2) is 60.7 Å². The van der Waals surface area contributed by atoms with Crippen molar-refractivity contribution in [2.75, 3.05) is 17.4 Å². The standard InChI is InChI=1S/C22H17FN4O4/c23-17-4-2-1-3-13(17)11-29-15-6-7-18-16(10-15)21(27-26-18)25-22(28)24-14-5-8-19-20(9-14)31-12-30-19/h1-10H,11-12H2,(H3,24,25,26,27,28). The third kappa shape index (κ3) is 3.93. The van der Waals surface area contributed by atoms with Crippen LogP contribution in [0.4, 0.5) is 20.7 Å². The monoisotopic (exact) mass is 420 g/mol. The van der Waals surface area contributed by atoms with Crippen LogP contribution >= 0.6 is 0 Å². The Balaban J connectivity index is 1.29. The molecule has 0 saturated carbocycles. The minimum Gasteiger partial charge on any atom is -0.489 e. The molecule has 4 aromatic rings.